The maximum absolute atomic E-state index is 12.0. The van der Waals surface area contributed by atoms with Crippen molar-refractivity contribution in [3.05, 3.63) is 35.5 Å². The highest BCUT2D eigenvalue weighted by Gasteiger charge is 2.33. The Kier molecular flexibility index (Phi) is 5.01. The van der Waals surface area contributed by atoms with Gasteiger partial charge < -0.3 is 20.3 Å². The fraction of sp³-hybridized carbons (Fsp3) is 0.409. The normalized spacial score (nSPS) is 22.8. The molecule has 150 valence electrons. The van der Waals surface area contributed by atoms with Crippen LogP contribution in [0.2, 0.25) is 0 Å². The van der Waals surface area contributed by atoms with Gasteiger partial charge in [0.05, 0.1) is 12.3 Å². The van der Waals surface area contributed by atoms with Crippen molar-refractivity contribution in [3.8, 4) is 18.1 Å². The summed E-state index contributed by atoms with van der Waals surface area (Å²) >= 11 is 0. The number of hydrogen-bond donors (Lipinski definition) is 2. The molecule has 1 aromatic heterocycles. The molecule has 0 bridgehead atoms. The number of benzene rings is 1. The van der Waals surface area contributed by atoms with Gasteiger partial charge in [0, 0.05) is 18.7 Å². The third kappa shape index (κ3) is 3.83. The second-order valence-corrected chi connectivity index (χ2v) is 7.77. The van der Waals surface area contributed by atoms with Crippen LogP contribution in [0.1, 0.15) is 31.0 Å². The Labute approximate surface area is 170 Å². The first-order valence-electron chi connectivity index (χ1n) is 9.83. The lowest BCUT2D eigenvalue weighted by atomic mass is 9.81. The maximum atomic E-state index is 12.0. The van der Waals surface area contributed by atoms with Gasteiger partial charge in [0.2, 0.25) is 11.9 Å². The van der Waals surface area contributed by atoms with E-state index < -0.39 is 0 Å². The number of aryl methyl sites for hydroxylation is 1. The predicted molar refractivity (Wildman–Crippen MR) is 113 cm³/mol. The Morgan fingerprint density at radius 3 is 2.93 bits per heavy atom. The molecular weight excluding hydrogens is 366 g/mol. The monoisotopic (exact) mass is 391 g/mol. The van der Waals surface area contributed by atoms with Gasteiger partial charge in [-0.1, -0.05) is 12.0 Å². The van der Waals surface area contributed by atoms with Gasteiger partial charge in [-0.2, -0.15) is 4.98 Å². The highest BCUT2D eigenvalue weighted by molar-refractivity contribution is 6.03. The molecule has 1 fully saturated rings. The molecule has 7 heteroatoms. The van der Waals surface area contributed by atoms with Crippen LogP contribution in [0.25, 0.3) is 0 Å². The molecule has 1 saturated carbocycles. The van der Waals surface area contributed by atoms with Crippen LogP contribution in [0.15, 0.2) is 24.3 Å². The molecule has 1 aromatic carbocycles. The molecule has 0 unspecified atom stereocenters. The number of nitrogens with zero attached hydrogens (tertiary/aromatic N) is 3. The number of amides is 1. The van der Waals surface area contributed by atoms with Crippen LogP contribution in [-0.4, -0.2) is 41.6 Å². The van der Waals surface area contributed by atoms with Gasteiger partial charge >= 0.3 is 0 Å². The molecule has 1 aliphatic carbocycles. The fourth-order valence-electron chi connectivity index (χ4n) is 3.67. The average molecular weight is 391 g/mol. The van der Waals surface area contributed by atoms with Crippen LogP contribution >= 0.6 is 0 Å². The minimum Gasteiger partial charge on any atom is -0.493 e. The first kappa shape index (κ1) is 19.1. The van der Waals surface area contributed by atoms with Gasteiger partial charge in [-0.25, -0.2) is 4.98 Å². The molecule has 2 N–H and O–H groups in total. The van der Waals surface area contributed by atoms with Crippen LogP contribution in [-0.2, 0) is 4.79 Å². The largest absolute Gasteiger partial charge is 0.493 e. The maximum Gasteiger partial charge on any atom is 0.246 e. The van der Waals surface area contributed by atoms with Crippen molar-refractivity contribution in [1.29, 1.82) is 0 Å². The molecular formula is C22H25N5O2. The Bertz CT molecular complexity index is 978. The topological polar surface area (TPSA) is 79.4 Å². The molecule has 1 atom stereocenters. The summed E-state index contributed by atoms with van der Waals surface area (Å²) in [6, 6.07) is 7.66. The van der Waals surface area contributed by atoms with Crippen molar-refractivity contribution < 1.29 is 9.53 Å². The van der Waals surface area contributed by atoms with E-state index in [1.807, 2.05) is 50.1 Å². The zero-order chi connectivity index (χ0) is 20.5. The summed E-state index contributed by atoms with van der Waals surface area (Å²) < 4.78 is 5.88. The number of fused-ring (bicyclic) bond motifs is 1. The summed E-state index contributed by atoms with van der Waals surface area (Å²) in [5.41, 5.74) is 2.28. The van der Waals surface area contributed by atoms with Gasteiger partial charge in [0.1, 0.15) is 17.5 Å². The lowest BCUT2D eigenvalue weighted by molar-refractivity contribution is -0.117. The van der Waals surface area contributed by atoms with Gasteiger partial charge in [0.15, 0.2) is 5.82 Å². The van der Waals surface area contributed by atoms with Crippen molar-refractivity contribution in [1.82, 2.24) is 9.97 Å². The molecule has 4 rings (SSSR count). The SMILES string of the molecule is C#Cc1cccc(OCC2CC(Nc3nc(C)c4c(n3)N(C)[C@@H](C)C(=O)N4)C2)c1. The quantitative estimate of drug-likeness (QED) is 0.763. The zero-order valence-corrected chi connectivity index (χ0v) is 16.9. The number of rotatable bonds is 5. The van der Waals surface area contributed by atoms with E-state index in [9.17, 15) is 4.79 Å². The highest BCUT2D eigenvalue weighted by atomic mass is 16.5. The number of aromatic nitrogens is 2. The Balaban J connectivity index is 1.33. The predicted octanol–water partition coefficient (Wildman–Crippen LogP) is 2.81. The molecule has 0 radical (unpaired) electrons. The van der Waals surface area contributed by atoms with E-state index in [-0.39, 0.29) is 11.9 Å². The Hall–Kier alpha value is -3.27. The number of ether oxygens (including phenoxy) is 1. The van der Waals surface area contributed by atoms with Crippen molar-refractivity contribution in [2.24, 2.45) is 5.92 Å². The third-order valence-electron chi connectivity index (χ3n) is 5.67. The van der Waals surface area contributed by atoms with Crippen LogP contribution in [0.3, 0.4) is 0 Å². The molecule has 0 spiro atoms. The molecule has 1 aliphatic heterocycles. The first-order chi connectivity index (χ1) is 13.9. The Morgan fingerprint density at radius 2 is 2.17 bits per heavy atom. The van der Waals surface area contributed by atoms with Gasteiger partial charge in [0.25, 0.3) is 0 Å². The Morgan fingerprint density at radius 1 is 1.38 bits per heavy atom. The standard InChI is InChI=1S/C22H25N5O2/c1-5-15-7-6-8-18(11-15)29-12-16-9-17(10-16)24-22-23-13(2)19-20(26-22)27(4)14(3)21(28)25-19/h1,6-8,11,14,16-17H,9-10,12H2,2-4H3,(H,25,28)(H,23,24,26)/t14-,16?,17?/m0/s1. The van der Waals surface area contributed by atoms with Gasteiger partial charge in [-0.05, 0) is 50.8 Å². The number of carbonyl (C=O) groups is 1. The second-order valence-electron chi connectivity index (χ2n) is 7.77. The minimum atomic E-state index is -0.261. The summed E-state index contributed by atoms with van der Waals surface area (Å²) in [5, 5.41) is 6.32. The number of anilines is 3. The summed E-state index contributed by atoms with van der Waals surface area (Å²) in [5.74, 6) is 5.23. The van der Waals surface area contributed by atoms with E-state index in [1.165, 1.54) is 0 Å². The van der Waals surface area contributed by atoms with Crippen LogP contribution in [0.5, 0.6) is 5.75 Å². The number of likely N-dealkylation sites (N-methyl/N-ethyl adjacent to an activating group) is 1. The summed E-state index contributed by atoms with van der Waals surface area (Å²) in [6.45, 7) is 4.42. The van der Waals surface area contributed by atoms with Gasteiger partial charge in [-0.15, -0.1) is 6.42 Å². The minimum absolute atomic E-state index is 0.0398. The molecule has 29 heavy (non-hydrogen) atoms. The lowest BCUT2D eigenvalue weighted by Gasteiger charge is -2.36. The molecule has 2 aromatic rings. The molecule has 7 nitrogen and oxygen atoms in total. The number of carbonyl (C=O) groups excluding carboxylic acids is 1. The van der Waals surface area contributed by atoms with Crippen LogP contribution in [0.4, 0.5) is 17.5 Å². The van der Waals surface area contributed by atoms with Crippen molar-refractivity contribution in [2.45, 2.75) is 38.8 Å². The van der Waals surface area contributed by atoms with E-state index in [2.05, 4.69) is 26.5 Å². The van der Waals surface area contributed by atoms with E-state index in [0.29, 0.717) is 30.2 Å². The highest BCUT2D eigenvalue weighted by Crippen LogP contribution is 2.34. The average Bonchev–Trinajstić information content (AvgIpc) is 2.69. The van der Waals surface area contributed by atoms with E-state index in [1.54, 1.807) is 0 Å². The smallest absolute Gasteiger partial charge is 0.246 e. The van der Waals surface area contributed by atoms with E-state index in [4.69, 9.17) is 11.2 Å². The number of nitrogens with one attached hydrogen (secondary N) is 2. The van der Waals surface area contributed by atoms with Crippen LogP contribution < -0.4 is 20.3 Å². The number of terminal acetylenes is 1. The molecule has 2 heterocycles. The van der Waals surface area contributed by atoms with Crippen LogP contribution in [0, 0.1) is 25.2 Å². The lowest BCUT2D eigenvalue weighted by Crippen LogP contribution is -2.45. The summed E-state index contributed by atoms with van der Waals surface area (Å²) in [7, 11) is 1.88. The third-order valence-corrected chi connectivity index (χ3v) is 5.67. The zero-order valence-electron chi connectivity index (χ0n) is 16.9. The molecule has 0 saturated heterocycles. The number of hydrogen-bond acceptors (Lipinski definition) is 6. The van der Waals surface area contributed by atoms with E-state index in [0.717, 1.165) is 35.7 Å². The fourth-order valence-corrected chi connectivity index (χ4v) is 3.67. The second kappa shape index (κ2) is 7.63. The van der Waals surface area contributed by atoms with E-state index >= 15 is 0 Å². The van der Waals surface area contributed by atoms with Crippen molar-refractivity contribution in [3.63, 3.8) is 0 Å². The van der Waals surface area contributed by atoms with Gasteiger partial charge in [-0.3, -0.25) is 4.79 Å². The van der Waals surface area contributed by atoms with Crippen molar-refractivity contribution in [2.75, 3.05) is 29.2 Å². The molecule has 2 aliphatic rings. The first-order valence-corrected chi connectivity index (χ1v) is 9.83. The van der Waals surface area contributed by atoms with Crippen molar-refractivity contribution >= 4 is 23.4 Å². The molecule has 1 amide bonds. The summed E-state index contributed by atoms with van der Waals surface area (Å²) in [6.07, 6.45) is 7.42. The summed E-state index contributed by atoms with van der Waals surface area (Å²) in [4.78, 5) is 23.1.